The van der Waals surface area contributed by atoms with Crippen LogP contribution in [0.3, 0.4) is 0 Å². The zero-order chi connectivity index (χ0) is 21.3. The van der Waals surface area contributed by atoms with Crippen molar-refractivity contribution in [1.29, 1.82) is 0 Å². The lowest BCUT2D eigenvalue weighted by atomic mass is 10.2. The van der Waals surface area contributed by atoms with Crippen molar-refractivity contribution >= 4 is 29.0 Å². The van der Waals surface area contributed by atoms with Gasteiger partial charge in [-0.2, -0.15) is 0 Å². The SMILES string of the molecule is C[C@H](OC(=O)CCNC(=O)CCC(=O)c1cccs1)c1nnc(-c2ccccc2)o1. The second-order valence-electron chi connectivity index (χ2n) is 6.44. The number of esters is 1. The molecule has 0 saturated heterocycles. The lowest BCUT2D eigenvalue weighted by Gasteiger charge is -2.10. The first-order chi connectivity index (χ1) is 14.5. The monoisotopic (exact) mass is 427 g/mol. The number of ether oxygens (including phenoxy) is 1. The van der Waals surface area contributed by atoms with Gasteiger partial charge in [-0.3, -0.25) is 14.4 Å². The maximum absolute atomic E-state index is 12.0. The molecule has 8 nitrogen and oxygen atoms in total. The summed E-state index contributed by atoms with van der Waals surface area (Å²) in [6.45, 7) is 1.76. The van der Waals surface area contributed by atoms with Crippen molar-refractivity contribution in [2.24, 2.45) is 0 Å². The van der Waals surface area contributed by atoms with E-state index in [0.29, 0.717) is 10.8 Å². The van der Waals surface area contributed by atoms with Crippen LogP contribution < -0.4 is 5.32 Å². The Bertz CT molecular complexity index is 985. The van der Waals surface area contributed by atoms with Crippen LogP contribution in [0.2, 0.25) is 0 Å². The van der Waals surface area contributed by atoms with Crippen LogP contribution in [0.5, 0.6) is 0 Å². The van der Waals surface area contributed by atoms with Gasteiger partial charge >= 0.3 is 5.97 Å². The fourth-order valence-corrected chi connectivity index (χ4v) is 3.28. The Morgan fingerprint density at radius 2 is 1.87 bits per heavy atom. The fraction of sp³-hybridized carbons (Fsp3) is 0.286. The standard InChI is InChI=1S/C21H21N3O5S/c1-14(20-23-24-21(29-20)15-6-3-2-4-7-15)28-19(27)11-12-22-18(26)10-9-16(25)17-8-5-13-30-17/h2-8,13-14H,9-12H2,1H3,(H,22,26)/t14-/m0/s1. The fourth-order valence-electron chi connectivity index (χ4n) is 2.58. The van der Waals surface area contributed by atoms with E-state index in [4.69, 9.17) is 9.15 Å². The Kier molecular flexibility index (Phi) is 7.45. The lowest BCUT2D eigenvalue weighted by molar-refractivity contribution is -0.149. The van der Waals surface area contributed by atoms with Crippen molar-refractivity contribution in [3.05, 3.63) is 58.6 Å². The number of Topliss-reactive ketones (excluding diaryl/α,β-unsaturated/α-hetero) is 1. The number of carbonyl (C=O) groups is 3. The summed E-state index contributed by atoms with van der Waals surface area (Å²) in [5, 5.41) is 12.3. The smallest absolute Gasteiger partial charge is 0.308 e. The van der Waals surface area contributed by atoms with Gasteiger partial charge in [-0.15, -0.1) is 21.5 Å². The molecular weight excluding hydrogens is 406 g/mol. The number of hydrogen-bond donors (Lipinski definition) is 1. The molecule has 2 aromatic heterocycles. The third-order valence-electron chi connectivity index (χ3n) is 4.14. The van der Waals surface area contributed by atoms with Crippen LogP contribution in [-0.2, 0) is 14.3 Å². The predicted octanol–water partition coefficient (Wildman–Crippen LogP) is 3.57. The molecule has 0 aliphatic rings. The minimum atomic E-state index is -0.707. The van der Waals surface area contributed by atoms with Crippen molar-refractivity contribution < 1.29 is 23.5 Å². The maximum atomic E-state index is 12.0. The van der Waals surface area contributed by atoms with Crippen LogP contribution >= 0.6 is 11.3 Å². The second kappa shape index (κ2) is 10.4. The normalized spacial score (nSPS) is 11.6. The van der Waals surface area contributed by atoms with E-state index in [0.717, 1.165) is 5.56 Å². The molecule has 3 rings (SSSR count). The van der Waals surface area contributed by atoms with E-state index >= 15 is 0 Å². The summed E-state index contributed by atoms with van der Waals surface area (Å²) in [6, 6.07) is 12.8. The van der Waals surface area contributed by atoms with E-state index in [-0.39, 0.29) is 43.4 Å². The van der Waals surface area contributed by atoms with Crippen LogP contribution in [0.25, 0.3) is 11.5 Å². The van der Waals surface area contributed by atoms with E-state index in [1.165, 1.54) is 11.3 Å². The van der Waals surface area contributed by atoms with Gasteiger partial charge in [-0.1, -0.05) is 24.3 Å². The van der Waals surface area contributed by atoms with Gasteiger partial charge in [0, 0.05) is 24.9 Å². The summed E-state index contributed by atoms with van der Waals surface area (Å²) in [6.07, 6.45) is -0.503. The molecule has 1 atom stereocenters. The second-order valence-corrected chi connectivity index (χ2v) is 7.39. The van der Waals surface area contributed by atoms with Crippen molar-refractivity contribution in [1.82, 2.24) is 15.5 Å². The Labute approximate surface area is 177 Å². The number of rotatable bonds is 10. The Hall–Kier alpha value is -3.33. The molecule has 0 aliphatic carbocycles. The van der Waals surface area contributed by atoms with Gasteiger partial charge in [-0.05, 0) is 30.5 Å². The zero-order valence-electron chi connectivity index (χ0n) is 16.4. The highest BCUT2D eigenvalue weighted by atomic mass is 32.1. The van der Waals surface area contributed by atoms with Gasteiger partial charge in [0.25, 0.3) is 5.89 Å². The average Bonchev–Trinajstić information content (AvgIpc) is 3.45. The van der Waals surface area contributed by atoms with E-state index in [1.54, 1.807) is 19.1 Å². The number of hydrogen-bond acceptors (Lipinski definition) is 8. The number of carbonyl (C=O) groups excluding carboxylic acids is 3. The van der Waals surface area contributed by atoms with E-state index in [9.17, 15) is 14.4 Å². The molecule has 3 aromatic rings. The summed E-state index contributed by atoms with van der Waals surface area (Å²) in [5.41, 5.74) is 0.773. The van der Waals surface area contributed by atoms with Crippen LogP contribution in [0.15, 0.2) is 52.3 Å². The Balaban J connectivity index is 1.36. The number of ketones is 1. The quantitative estimate of drug-likeness (QED) is 0.389. The molecule has 30 heavy (non-hydrogen) atoms. The average molecular weight is 427 g/mol. The van der Waals surface area contributed by atoms with Crippen molar-refractivity contribution in [2.45, 2.75) is 32.3 Å². The third kappa shape index (κ3) is 6.08. The molecule has 0 bridgehead atoms. The lowest BCUT2D eigenvalue weighted by Crippen LogP contribution is -2.27. The molecule has 0 spiro atoms. The molecule has 1 amide bonds. The molecule has 0 fully saturated rings. The van der Waals surface area contributed by atoms with Crippen LogP contribution in [0.1, 0.15) is 47.9 Å². The molecule has 1 N–H and O–H groups in total. The predicted molar refractivity (Wildman–Crippen MR) is 110 cm³/mol. The van der Waals surface area contributed by atoms with Gasteiger partial charge in [-0.25, -0.2) is 0 Å². The summed E-state index contributed by atoms with van der Waals surface area (Å²) in [4.78, 5) is 36.3. The summed E-state index contributed by atoms with van der Waals surface area (Å²) in [7, 11) is 0. The first-order valence-corrected chi connectivity index (χ1v) is 10.3. The summed E-state index contributed by atoms with van der Waals surface area (Å²) < 4.78 is 10.8. The highest BCUT2D eigenvalue weighted by Crippen LogP contribution is 2.22. The molecule has 0 radical (unpaired) electrons. The minimum absolute atomic E-state index is 0.00533. The summed E-state index contributed by atoms with van der Waals surface area (Å²) >= 11 is 1.35. The van der Waals surface area contributed by atoms with Crippen molar-refractivity contribution in [2.75, 3.05) is 6.54 Å². The van der Waals surface area contributed by atoms with Crippen LogP contribution in [-0.4, -0.2) is 34.4 Å². The zero-order valence-corrected chi connectivity index (χ0v) is 17.2. The molecule has 0 unspecified atom stereocenters. The van der Waals surface area contributed by atoms with E-state index in [2.05, 4.69) is 15.5 Å². The highest BCUT2D eigenvalue weighted by molar-refractivity contribution is 7.12. The third-order valence-corrected chi connectivity index (χ3v) is 5.05. The number of amides is 1. The highest BCUT2D eigenvalue weighted by Gasteiger charge is 2.19. The Morgan fingerprint density at radius 3 is 2.60 bits per heavy atom. The maximum Gasteiger partial charge on any atom is 0.308 e. The van der Waals surface area contributed by atoms with Crippen molar-refractivity contribution in [3.8, 4) is 11.5 Å². The molecule has 0 aliphatic heterocycles. The topological polar surface area (TPSA) is 111 Å². The molecule has 156 valence electrons. The first-order valence-electron chi connectivity index (χ1n) is 9.44. The molecule has 2 heterocycles. The molecule has 9 heteroatoms. The van der Waals surface area contributed by atoms with Gasteiger partial charge < -0.3 is 14.5 Å². The molecule has 1 aromatic carbocycles. The minimum Gasteiger partial charge on any atom is -0.453 e. The summed E-state index contributed by atoms with van der Waals surface area (Å²) in [5.74, 6) is -0.318. The largest absolute Gasteiger partial charge is 0.453 e. The Morgan fingerprint density at radius 1 is 1.07 bits per heavy atom. The van der Waals surface area contributed by atoms with E-state index < -0.39 is 12.1 Å². The molecule has 0 saturated carbocycles. The number of thiophene rings is 1. The van der Waals surface area contributed by atoms with Crippen LogP contribution in [0.4, 0.5) is 0 Å². The van der Waals surface area contributed by atoms with Crippen LogP contribution in [0, 0.1) is 0 Å². The van der Waals surface area contributed by atoms with E-state index in [1.807, 2.05) is 35.7 Å². The van der Waals surface area contributed by atoms with Gasteiger partial charge in [0.1, 0.15) is 0 Å². The van der Waals surface area contributed by atoms with Gasteiger partial charge in [0.15, 0.2) is 11.9 Å². The van der Waals surface area contributed by atoms with Gasteiger partial charge in [0.2, 0.25) is 11.8 Å². The van der Waals surface area contributed by atoms with Gasteiger partial charge in [0.05, 0.1) is 11.3 Å². The van der Waals surface area contributed by atoms with Crippen molar-refractivity contribution in [3.63, 3.8) is 0 Å². The number of aromatic nitrogens is 2. The first kappa shape index (κ1) is 21.4. The number of nitrogens with zero attached hydrogens (tertiary/aromatic N) is 2. The number of nitrogens with one attached hydrogen (secondary N) is 1. The number of benzene rings is 1. The molecular formula is C21H21N3O5S.